The van der Waals surface area contributed by atoms with Crippen LogP contribution in [0.1, 0.15) is 20.7 Å². The molecule has 0 spiro atoms. The fourth-order valence-corrected chi connectivity index (χ4v) is 4.28. The molecule has 5 nitrogen and oxygen atoms in total. The van der Waals surface area contributed by atoms with Crippen LogP contribution in [0, 0.1) is 0 Å². The summed E-state index contributed by atoms with van der Waals surface area (Å²) in [4.78, 5) is 25.4. The Morgan fingerprint density at radius 1 is 0.958 bits per heavy atom. The topological polar surface area (TPSA) is 63.7 Å². The number of allylic oxidation sites excluding steroid dienone is 2. The minimum absolute atomic E-state index is 0.0436. The molecule has 24 heavy (non-hydrogen) atoms. The number of amides is 2. The Morgan fingerprint density at radius 3 is 1.92 bits per heavy atom. The van der Waals surface area contributed by atoms with Crippen molar-refractivity contribution in [3.05, 3.63) is 72.8 Å². The Kier molecular flexibility index (Phi) is 4.22. The molecule has 3 rings (SSSR count). The normalized spacial score (nSPS) is 14.1. The highest BCUT2D eigenvalue weighted by Gasteiger charge is 2.38. The van der Waals surface area contributed by atoms with E-state index in [4.69, 9.17) is 4.62 Å². The van der Waals surface area contributed by atoms with Crippen LogP contribution in [0.25, 0.3) is 10.8 Å². The van der Waals surface area contributed by atoms with Gasteiger partial charge in [-0.15, -0.1) is 18.2 Å². The number of imide groups is 1. The molecule has 0 saturated carbocycles. The highest BCUT2D eigenvalue weighted by Crippen LogP contribution is 2.49. The van der Waals surface area contributed by atoms with Crippen molar-refractivity contribution in [1.29, 1.82) is 0 Å². The fraction of sp³-hybridized carbons (Fsp3) is 0.111. The molecule has 0 atom stereocenters. The second-order valence-corrected chi connectivity index (χ2v) is 7.98. The molecule has 2 aromatic carbocycles. The number of carbonyl (C=O) groups excluding carboxylic acids is 2. The van der Waals surface area contributed by atoms with E-state index in [9.17, 15) is 14.2 Å². The lowest BCUT2D eigenvalue weighted by atomic mass is 9.95. The third kappa shape index (κ3) is 2.62. The first-order valence-electron chi connectivity index (χ1n) is 7.41. The zero-order chi connectivity index (χ0) is 17.3. The number of hydrogen-bond acceptors (Lipinski definition) is 4. The predicted molar refractivity (Wildman–Crippen MR) is 93.3 cm³/mol. The van der Waals surface area contributed by atoms with Gasteiger partial charge < -0.3 is 0 Å². The lowest BCUT2D eigenvalue weighted by Crippen LogP contribution is -2.39. The summed E-state index contributed by atoms with van der Waals surface area (Å²) in [6, 6.07) is 10.4. The first-order chi connectivity index (χ1) is 11.5. The van der Waals surface area contributed by atoms with Gasteiger partial charge in [-0.1, -0.05) is 36.4 Å². The molecule has 0 radical (unpaired) electrons. The van der Waals surface area contributed by atoms with Crippen LogP contribution in [-0.2, 0) is 9.19 Å². The van der Waals surface area contributed by atoms with Gasteiger partial charge in [-0.3, -0.25) is 14.2 Å². The molecule has 0 aliphatic carbocycles. The average Bonchev–Trinajstić information content (AvgIpc) is 2.57. The van der Waals surface area contributed by atoms with E-state index in [-0.39, 0.29) is 12.3 Å². The number of rotatable bonds is 6. The summed E-state index contributed by atoms with van der Waals surface area (Å²) < 4.78 is 18.2. The number of nitrogens with zero attached hydrogens (tertiary/aromatic N) is 1. The van der Waals surface area contributed by atoms with E-state index in [1.54, 1.807) is 24.3 Å². The first kappa shape index (κ1) is 16.4. The van der Waals surface area contributed by atoms with Crippen molar-refractivity contribution < 1.29 is 18.8 Å². The van der Waals surface area contributed by atoms with Gasteiger partial charge in [0.25, 0.3) is 11.8 Å². The van der Waals surface area contributed by atoms with E-state index >= 15 is 0 Å². The van der Waals surface area contributed by atoms with Gasteiger partial charge in [-0.05, 0) is 17.5 Å². The van der Waals surface area contributed by atoms with Crippen molar-refractivity contribution in [3.63, 3.8) is 0 Å². The van der Waals surface area contributed by atoms with Crippen molar-refractivity contribution >= 4 is 30.0 Å². The van der Waals surface area contributed by atoms with E-state index in [2.05, 4.69) is 13.2 Å². The van der Waals surface area contributed by atoms with Crippen LogP contribution >= 0.6 is 7.37 Å². The maximum absolute atomic E-state index is 12.8. The van der Waals surface area contributed by atoms with Crippen LogP contribution < -0.4 is 0 Å². The number of benzene rings is 2. The van der Waals surface area contributed by atoms with E-state index < -0.39 is 19.2 Å². The summed E-state index contributed by atoms with van der Waals surface area (Å²) >= 11 is 0. The van der Waals surface area contributed by atoms with Crippen LogP contribution in [-0.4, -0.2) is 29.2 Å². The molecule has 0 aromatic heterocycles. The van der Waals surface area contributed by atoms with Crippen molar-refractivity contribution in [2.75, 3.05) is 12.3 Å². The summed E-state index contributed by atoms with van der Waals surface area (Å²) in [5.74, 6) is -1.23. The van der Waals surface area contributed by atoms with Crippen molar-refractivity contribution in [2.45, 2.75) is 0 Å². The lowest BCUT2D eigenvalue weighted by Gasteiger charge is -2.28. The molecule has 0 saturated heterocycles. The van der Waals surface area contributed by atoms with Gasteiger partial charge in [0.2, 0.25) is 7.37 Å². The number of hydroxylamine groups is 2. The number of hydrogen-bond donors (Lipinski definition) is 0. The summed E-state index contributed by atoms with van der Waals surface area (Å²) in [6.07, 6.45) is 2.97. The largest absolute Gasteiger partial charge is 0.290 e. The van der Waals surface area contributed by atoms with E-state index in [1.807, 2.05) is 12.1 Å². The molecule has 122 valence electrons. The molecule has 6 heteroatoms. The highest BCUT2D eigenvalue weighted by atomic mass is 31.2. The van der Waals surface area contributed by atoms with Gasteiger partial charge in [0.1, 0.15) is 0 Å². The Bertz CT molecular complexity index is 854. The third-order valence-corrected chi connectivity index (χ3v) is 5.87. The molecule has 1 aliphatic rings. The van der Waals surface area contributed by atoms with Gasteiger partial charge in [-0.25, -0.2) is 4.62 Å². The summed E-state index contributed by atoms with van der Waals surface area (Å²) in [6.45, 7) is 7.10. The highest BCUT2D eigenvalue weighted by molar-refractivity contribution is 7.59. The first-order valence-corrected chi connectivity index (χ1v) is 9.40. The third-order valence-electron chi connectivity index (χ3n) is 3.78. The fourth-order valence-electron chi connectivity index (χ4n) is 2.77. The molecular formula is C18H16NO4P. The Hall–Kier alpha value is -2.49. The quantitative estimate of drug-likeness (QED) is 0.452. The monoisotopic (exact) mass is 341 g/mol. The second-order valence-electron chi connectivity index (χ2n) is 5.45. The van der Waals surface area contributed by atoms with Crippen LogP contribution in [0.2, 0.25) is 0 Å². The molecule has 0 bridgehead atoms. The number of carbonyl (C=O) groups is 2. The Labute approximate surface area is 139 Å². The van der Waals surface area contributed by atoms with Crippen LogP contribution in [0.5, 0.6) is 0 Å². The molecular weight excluding hydrogens is 325 g/mol. The van der Waals surface area contributed by atoms with E-state index in [0.29, 0.717) is 21.6 Å². The summed E-state index contributed by atoms with van der Waals surface area (Å²) in [7, 11) is -3.30. The molecule has 0 N–H and O–H groups in total. The smallest absolute Gasteiger partial charge is 0.286 e. The van der Waals surface area contributed by atoms with E-state index in [1.165, 1.54) is 12.2 Å². The Morgan fingerprint density at radius 2 is 1.46 bits per heavy atom. The van der Waals surface area contributed by atoms with Gasteiger partial charge in [0, 0.05) is 17.7 Å². The zero-order valence-corrected chi connectivity index (χ0v) is 13.9. The van der Waals surface area contributed by atoms with Crippen LogP contribution in [0.15, 0.2) is 61.7 Å². The summed E-state index contributed by atoms with van der Waals surface area (Å²) in [5, 5.41) is 2.01. The van der Waals surface area contributed by atoms with Gasteiger partial charge in [0.05, 0.1) is 11.1 Å². The van der Waals surface area contributed by atoms with Crippen LogP contribution in [0.4, 0.5) is 0 Å². The van der Waals surface area contributed by atoms with Crippen molar-refractivity contribution in [2.24, 2.45) is 0 Å². The van der Waals surface area contributed by atoms with Crippen LogP contribution in [0.3, 0.4) is 0 Å². The minimum atomic E-state index is -3.30. The Balaban J connectivity index is 2.08. The SMILES string of the molecule is C=CCP(=O)(CC=C)ON1C(=O)c2cccc3cccc(c23)C1=O. The second kappa shape index (κ2) is 6.19. The maximum atomic E-state index is 12.8. The molecule has 1 heterocycles. The standard InChI is InChI=1S/C18H16NO4P/c1-3-11-24(22,12-4-2)23-19-17(20)14-9-5-7-13-8-6-10-15(16(13)14)18(19)21/h3-10H,1-2,11-12H2. The zero-order valence-electron chi connectivity index (χ0n) is 13.0. The molecule has 2 aromatic rings. The summed E-state index contributed by atoms with van der Waals surface area (Å²) in [5.41, 5.74) is 0.706. The molecule has 1 aliphatic heterocycles. The molecule has 0 fully saturated rings. The molecule has 0 unspecified atom stereocenters. The lowest BCUT2D eigenvalue weighted by molar-refractivity contribution is -0.0174. The van der Waals surface area contributed by atoms with Crippen molar-refractivity contribution in [3.8, 4) is 0 Å². The van der Waals surface area contributed by atoms with Crippen molar-refractivity contribution in [1.82, 2.24) is 5.06 Å². The molecule has 2 amide bonds. The maximum Gasteiger partial charge on any atom is 0.286 e. The average molecular weight is 341 g/mol. The minimum Gasteiger partial charge on any atom is -0.290 e. The van der Waals surface area contributed by atoms with Gasteiger partial charge in [0.15, 0.2) is 0 Å². The van der Waals surface area contributed by atoms with Gasteiger partial charge >= 0.3 is 0 Å². The van der Waals surface area contributed by atoms with E-state index in [0.717, 1.165) is 5.39 Å². The predicted octanol–water partition coefficient (Wildman–Crippen LogP) is 4.02. The van der Waals surface area contributed by atoms with Gasteiger partial charge in [-0.2, -0.15) is 0 Å².